The summed E-state index contributed by atoms with van der Waals surface area (Å²) in [6.07, 6.45) is 0.664. The number of pyridine rings is 1. The molecule has 0 unspecified atom stereocenters. The van der Waals surface area contributed by atoms with E-state index in [1.54, 1.807) is 0 Å². The van der Waals surface area contributed by atoms with Gasteiger partial charge in [0.15, 0.2) is 17.6 Å². The number of carbonyl (C=O) groups is 2. The van der Waals surface area contributed by atoms with Gasteiger partial charge in [0.25, 0.3) is 0 Å². The molecule has 43 heavy (non-hydrogen) atoms. The van der Waals surface area contributed by atoms with Crippen LogP contribution in [-0.2, 0) is 24.6 Å². The van der Waals surface area contributed by atoms with Crippen molar-refractivity contribution in [3.05, 3.63) is 143 Å². The molecule has 5 rings (SSSR count). The van der Waals surface area contributed by atoms with Gasteiger partial charge in [0.1, 0.15) is 19.8 Å². The molecule has 0 aliphatic carbocycles. The quantitative estimate of drug-likeness (QED) is 0.116. The van der Waals surface area contributed by atoms with Crippen molar-refractivity contribution in [2.75, 3.05) is 19.0 Å². The third-order valence-electron chi connectivity index (χ3n) is 6.79. The first kappa shape index (κ1) is 29.1. The minimum atomic E-state index is -0.708. The van der Waals surface area contributed by atoms with E-state index in [0.29, 0.717) is 17.5 Å². The van der Waals surface area contributed by atoms with Crippen LogP contribution in [-0.4, -0.2) is 31.3 Å². The van der Waals surface area contributed by atoms with E-state index < -0.39 is 5.97 Å². The summed E-state index contributed by atoms with van der Waals surface area (Å²) in [6, 6.07) is 36.0. The molecule has 0 amide bonds. The number of rotatable bonds is 12. The van der Waals surface area contributed by atoms with Crippen LogP contribution in [0.25, 0.3) is 11.3 Å². The summed E-state index contributed by atoms with van der Waals surface area (Å²) >= 11 is 0. The van der Waals surface area contributed by atoms with Crippen molar-refractivity contribution >= 4 is 17.9 Å². The van der Waals surface area contributed by atoms with E-state index in [2.05, 4.69) is 0 Å². The minimum Gasteiger partial charge on any atom is -0.487 e. The zero-order chi connectivity index (χ0) is 30.0. The smallest absolute Gasteiger partial charge is 0.347 e. The van der Waals surface area contributed by atoms with Crippen LogP contribution in [0.5, 0.6) is 11.6 Å². The molecule has 0 saturated carbocycles. The number of hydrogen-bond donors (Lipinski definition) is 0. The number of benzene rings is 4. The van der Waals surface area contributed by atoms with Crippen LogP contribution in [0, 0.1) is 0 Å². The van der Waals surface area contributed by atoms with Crippen molar-refractivity contribution in [2.45, 2.75) is 19.8 Å². The minimum absolute atomic E-state index is 0.0160. The van der Waals surface area contributed by atoms with Crippen molar-refractivity contribution in [1.82, 2.24) is 4.98 Å². The van der Waals surface area contributed by atoms with E-state index in [1.165, 1.54) is 0 Å². The Morgan fingerprint density at radius 3 is 1.72 bits per heavy atom. The lowest BCUT2D eigenvalue weighted by atomic mass is 10.0. The van der Waals surface area contributed by atoms with Gasteiger partial charge in [-0.05, 0) is 28.8 Å². The predicted molar refractivity (Wildman–Crippen MR) is 166 cm³/mol. The monoisotopic (exact) mass is 572 g/mol. The summed E-state index contributed by atoms with van der Waals surface area (Å²) in [5.41, 5.74) is 4.65. The van der Waals surface area contributed by atoms with Gasteiger partial charge in [0.2, 0.25) is 5.88 Å². The molecule has 0 fully saturated rings. The number of hydrogen-bond acceptors (Lipinski definition) is 7. The number of aromatic nitrogens is 1. The van der Waals surface area contributed by atoms with Crippen molar-refractivity contribution in [2.24, 2.45) is 0 Å². The van der Waals surface area contributed by atoms with Gasteiger partial charge in [-0.2, -0.15) is 0 Å². The molecule has 0 atom stereocenters. The Morgan fingerprint density at radius 1 is 0.698 bits per heavy atom. The molecule has 1 heterocycles. The Hall–Kier alpha value is -5.43. The Bertz CT molecular complexity index is 1660. The van der Waals surface area contributed by atoms with Gasteiger partial charge < -0.3 is 19.1 Å². The highest BCUT2D eigenvalue weighted by Crippen LogP contribution is 2.38. The van der Waals surface area contributed by atoms with Crippen LogP contribution in [0.4, 0.5) is 5.69 Å². The molecule has 216 valence electrons. The molecule has 0 saturated heterocycles. The number of esters is 1. The Kier molecular flexibility index (Phi) is 9.44. The third-order valence-corrected chi connectivity index (χ3v) is 6.79. The van der Waals surface area contributed by atoms with E-state index >= 15 is 0 Å². The topological polar surface area (TPSA) is 78.0 Å². The second-order valence-corrected chi connectivity index (χ2v) is 10.1. The number of nitrogens with zero attached hydrogens (tertiary/aromatic N) is 2. The van der Waals surface area contributed by atoms with Gasteiger partial charge in [0, 0.05) is 25.3 Å². The molecule has 7 nitrogen and oxygen atoms in total. The first-order valence-corrected chi connectivity index (χ1v) is 13.9. The second-order valence-electron chi connectivity index (χ2n) is 10.1. The molecule has 0 bridgehead atoms. The van der Waals surface area contributed by atoms with E-state index in [4.69, 9.17) is 19.2 Å². The van der Waals surface area contributed by atoms with Crippen LogP contribution in [0.1, 0.15) is 37.4 Å². The van der Waals surface area contributed by atoms with Crippen LogP contribution >= 0.6 is 0 Å². The van der Waals surface area contributed by atoms with Crippen LogP contribution in [0.2, 0.25) is 0 Å². The lowest BCUT2D eigenvalue weighted by Gasteiger charge is -2.20. The molecule has 0 spiro atoms. The fraction of sp³-hybridized carbons (Fsp3) is 0.139. The maximum atomic E-state index is 13.8. The average Bonchev–Trinajstić information content (AvgIpc) is 3.06. The maximum Gasteiger partial charge on any atom is 0.347 e. The van der Waals surface area contributed by atoms with Crippen molar-refractivity contribution < 1.29 is 23.8 Å². The van der Waals surface area contributed by atoms with Gasteiger partial charge in [-0.25, -0.2) is 9.78 Å². The predicted octanol–water partition coefficient (Wildman–Crippen LogP) is 7.14. The van der Waals surface area contributed by atoms with Crippen LogP contribution < -0.4 is 14.4 Å². The normalized spacial score (nSPS) is 10.6. The molecule has 4 aromatic carbocycles. The highest BCUT2D eigenvalue weighted by Gasteiger charge is 2.29. The summed E-state index contributed by atoms with van der Waals surface area (Å²) in [5, 5.41) is 0. The van der Waals surface area contributed by atoms with Gasteiger partial charge in [-0.1, -0.05) is 103 Å². The lowest BCUT2D eigenvalue weighted by Crippen LogP contribution is -2.15. The standard InChI is InChI=1S/C36H32N2O5/c1-38(2)30-20-18-29(19-21-30)33-31(22-39)34(41-23-26-12-6-3-7-13-26)32(36(40)43-25-28-16-10-5-11-17-28)35(37-33)42-24-27-14-8-4-9-15-27/h3-22H,23-25H2,1-2H3. The Labute approximate surface area is 251 Å². The molecule has 0 aliphatic heterocycles. The number of anilines is 1. The van der Waals surface area contributed by atoms with Crippen molar-refractivity contribution in [1.29, 1.82) is 0 Å². The summed E-state index contributed by atoms with van der Waals surface area (Å²) in [7, 11) is 3.90. The number of ether oxygens (including phenoxy) is 3. The zero-order valence-electron chi connectivity index (χ0n) is 24.1. The molecule has 0 N–H and O–H groups in total. The largest absolute Gasteiger partial charge is 0.487 e. The second kappa shape index (κ2) is 14.0. The fourth-order valence-electron chi connectivity index (χ4n) is 4.49. The Balaban J connectivity index is 1.62. The van der Waals surface area contributed by atoms with Gasteiger partial charge in [-0.3, -0.25) is 4.79 Å². The third kappa shape index (κ3) is 7.26. The Morgan fingerprint density at radius 2 is 1.21 bits per heavy atom. The summed E-state index contributed by atoms with van der Waals surface area (Å²) in [4.78, 5) is 33.2. The van der Waals surface area contributed by atoms with Gasteiger partial charge >= 0.3 is 5.97 Å². The fourth-order valence-corrected chi connectivity index (χ4v) is 4.49. The van der Waals surface area contributed by atoms with Crippen LogP contribution in [0.3, 0.4) is 0 Å². The molecule has 7 heteroatoms. The maximum absolute atomic E-state index is 13.8. The lowest BCUT2D eigenvalue weighted by molar-refractivity contribution is 0.0460. The molecular formula is C36H32N2O5. The first-order valence-electron chi connectivity index (χ1n) is 13.9. The molecule has 1 aromatic heterocycles. The van der Waals surface area contributed by atoms with Crippen molar-refractivity contribution in [3.63, 3.8) is 0 Å². The molecular weight excluding hydrogens is 540 g/mol. The van der Waals surface area contributed by atoms with Crippen LogP contribution in [0.15, 0.2) is 115 Å². The molecule has 5 aromatic rings. The molecule has 0 aliphatic rings. The summed E-state index contributed by atoms with van der Waals surface area (Å²) in [6.45, 7) is 0.284. The highest BCUT2D eigenvalue weighted by atomic mass is 16.5. The molecule has 0 radical (unpaired) electrons. The van der Waals surface area contributed by atoms with E-state index in [0.717, 1.165) is 22.4 Å². The van der Waals surface area contributed by atoms with E-state index in [9.17, 15) is 9.59 Å². The van der Waals surface area contributed by atoms with E-state index in [1.807, 2.05) is 134 Å². The SMILES string of the molecule is CN(C)c1ccc(-c2nc(OCc3ccccc3)c(C(=O)OCc3ccccc3)c(OCc3ccccc3)c2C=O)cc1. The van der Waals surface area contributed by atoms with E-state index in [-0.39, 0.29) is 42.6 Å². The average molecular weight is 573 g/mol. The van der Waals surface area contributed by atoms with Gasteiger partial charge in [0.05, 0.1) is 11.3 Å². The summed E-state index contributed by atoms with van der Waals surface area (Å²) in [5.74, 6) is -0.635. The van der Waals surface area contributed by atoms with Crippen molar-refractivity contribution in [3.8, 4) is 22.9 Å². The zero-order valence-corrected chi connectivity index (χ0v) is 24.1. The first-order chi connectivity index (χ1) is 21.0. The number of carbonyl (C=O) groups excluding carboxylic acids is 2. The summed E-state index contributed by atoms with van der Waals surface area (Å²) < 4.78 is 18.2. The number of aldehydes is 1. The van der Waals surface area contributed by atoms with Gasteiger partial charge in [-0.15, -0.1) is 0 Å². The highest BCUT2D eigenvalue weighted by molar-refractivity contribution is 6.01.